The molecule has 1 fully saturated rings. The number of Topliss-reactive ketones (excluding diaryl/α,β-unsaturated/α-hetero) is 1. The predicted octanol–water partition coefficient (Wildman–Crippen LogP) is 4.56. The first-order valence-corrected chi connectivity index (χ1v) is 6.75. The fourth-order valence-electron chi connectivity index (χ4n) is 2.57. The van der Waals surface area contributed by atoms with Gasteiger partial charge in [0.2, 0.25) is 0 Å². The molecule has 2 rings (SSSR count). The summed E-state index contributed by atoms with van der Waals surface area (Å²) in [5, 5.41) is 0. The number of hydrogen-bond donors (Lipinski definition) is 0. The van der Waals surface area contributed by atoms with Crippen LogP contribution in [0.15, 0.2) is 18.2 Å². The lowest BCUT2D eigenvalue weighted by Gasteiger charge is -2.23. The highest BCUT2D eigenvalue weighted by Gasteiger charge is 2.21. The zero-order chi connectivity index (χ0) is 12.8. The van der Waals surface area contributed by atoms with Crippen LogP contribution >= 0.6 is 0 Å². The van der Waals surface area contributed by atoms with E-state index in [1.54, 1.807) is 0 Å². The first-order valence-electron chi connectivity index (χ1n) is 6.75. The van der Waals surface area contributed by atoms with Crippen molar-refractivity contribution < 1.29 is 4.79 Å². The molecule has 1 heteroatoms. The third-order valence-electron chi connectivity index (χ3n) is 3.35. The van der Waals surface area contributed by atoms with Crippen LogP contribution in [0.4, 0.5) is 0 Å². The van der Waals surface area contributed by atoms with Gasteiger partial charge in [0.25, 0.3) is 0 Å². The standard InChI is InChI=1S/C14H18O.C2H6/c1-10-6-7-14(11(2)8-10)12-4-3-5-13(15)9-12;1-2/h6-8,12H,3-5,9H2,1-2H3;1-2H3. The van der Waals surface area contributed by atoms with Gasteiger partial charge in [0.1, 0.15) is 5.78 Å². The number of ketones is 1. The molecule has 0 aliphatic heterocycles. The molecule has 0 amide bonds. The van der Waals surface area contributed by atoms with Crippen LogP contribution in [0.5, 0.6) is 0 Å². The number of benzene rings is 1. The van der Waals surface area contributed by atoms with Crippen molar-refractivity contribution in [1.29, 1.82) is 0 Å². The Morgan fingerprint density at radius 3 is 2.47 bits per heavy atom. The number of hydrogen-bond acceptors (Lipinski definition) is 1. The summed E-state index contributed by atoms with van der Waals surface area (Å²) in [6.45, 7) is 8.27. The minimum Gasteiger partial charge on any atom is -0.300 e. The lowest BCUT2D eigenvalue weighted by molar-refractivity contribution is -0.120. The van der Waals surface area contributed by atoms with E-state index in [9.17, 15) is 4.79 Å². The van der Waals surface area contributed by atoms with Crippen LogP contribution in [0.3, 0.4) is 0 Å². The van der Waals surface area contributed by atoms with E-state index in [0.717, 1.165) is 19.3 Å². The highest BCUT2D eigenvalue weighted by atomic mass is 16.1. The molecule has 0 radical (unpaired) electrons. The Kier molecular flexibility index (Phi) is 5.40. The molecule has 0 N–H and O–H groups in total. The summed E-state index contributed by atoms with van der Waals surface area (Å²) in [6, 6.07) is 6.57. The van der Waals surface area contributed by atoms with Gasteiger partial charge in [0.15, 0.2) is 0 Å². The lowest BCUT2D eigenvalue weighted by Crippen LogP contribution is -2.14. The van der Waals surface area contributed by atoms with Gasteiger partial charge >= 0.3 is 0 Å². The van der Waals surface area contributed by atoms with E-state index < -0.39 is 0 Å². The van der Waals surface area contributed by atoms with Gasteiger partial charge in [0.05, 0.1) is 0 Å². The van der Waals surface area contributed by atoms with Crippen LogP contribution in [0.2, 0.25) is 0 Å². The molecule has 0 spiro atoms. The summed E-state index contributed by atoms with van der Waals surface area (Å²) in [6.07, 6.45) is 3.79. The van der Waals surface area contributed by atoms with E-state index in [1.807, 2.05) is 13.8 Å². The summed E-state index contributed by atoms with van der Waals surface area (Å²) < 4.78 is 0. The maximum absolute atomic E-state index is 11.4. The second kappa shape index (κ2) is 6.58. The number of rotatable bonds is 1. The van der Waals surface area contributed by atoms with E-state index in [1.165, 1.54) is 23.1 Å². The second-order valence-electron chi connectivity index (χ2n) is 4.69. The second-order valence-corrected chi connectivity index (χ2v) is 4.69. The van der Waals surface area contributed by atoms with Crippen LogP contribution in [0, 0.1) is 13.8 Å². The Morgan fingerprint density at radius 1 is 1.18 bits per heavy atom. The van der Waals surface area contributed by atoms with Crippen molar-refractivity contribution in [3.05, 3.63) is 34.9 Å². The van der Waals surface area contributed by atoms with E-state index >= 15 is 0 Å². The summed E-state index contributed by atoms with van der Waals surface area (Å²) in [4.78, 5) is 11.4. The molecule has 1 aliphatic carbocycles. The topological polar surface area (TPSA) is 17.1 Å². The highest BCUT2D eigenvalue weighted by Crippen LogP contribution is 2.32. The summed E-state index contributed by atoms with van der Waals surface area (Å²) in [5.41, 5.74) is 4.03. The SMILES string of the molecule is CC.Cc1ccc(C2CCCC(=O)C2)c(C)c1. The quantitative estimate of drug-likeness (QED) is 0.694. The van der Waals surface area contributed by atoms with Gasteiger partial charge in [-0.15, -0.1) is 0 Å². The molecule has 1 atom stereocenters. The first-order chi connectivity index (χ1) is 8.16. The van der Waals surface area contributed by atoms with Crippen LogP contribution in [-0.2, 0) is 4.79 Å². The van der Waals surface area contributed by atoms with E-state index in [-0.39, 0.29) is 0 Å². The zero-order valence-corrected chi connectivity index (χ0v) is 11.5. The zero-order valence-electron chi connectivity index (χ0n) is 11.5. The summed E-state index contributed by atoms with van der Waals surface area (Å²) in [7, 11) is 0. The van der Waals surface area contributed by atoms with Crippen molar-refractivity contribution in [2.24, 2.45) is 0 Å². The number of aryl methyl sites for hydroxylation is 2. The van der Waals surface area contributed by atoms with Crippen molar-refractivity contribution in [3.63, 3.8) is 0 Å². The van der Waals surface area contributed by atoms with Gasteiger partial charge < -0.3 is 0 Å². The highest BCUT2D eigenvalue weighted by molar-refractivity contribution is 5.80. The molecular weight excluding hydrogens is 208 g/mol. The molecular formula is C16H24O. The van der Waals surface area contributed by atoms with Crippen molar-refractivity contribution in [2.75, 3.05) is 0 Å². The average Bonchev–Trinajstić information content (AvgIpc) is 2.31. The van der Waals surface area contributed by atoms with E-state index in [4.69, 9.17) is 0 Å². The summed E-state index contributed by atoms with van der Waals surface area (Å²) >= 11 is 0. The fourth-order valence-corrected chi connectivity index (χ4v) is 2.57. The molecule has 1 aromatic rings. The smallest absolute Gasteiger partial charge is 0.133 e. The third kappa shape index (κ3) is 3.69. The molecule has 1 saturated carbocycles. The van der Waals surface area contributed by atoms with Crippen molar-refractivity contribution in [2.45, 2.75) is 59.3 Å². The molecule has 1 nitrogen and oxygen atoms in total. The van der Waals surface area contributed by atoms with Gasteiger partial charge in [-0.25, -0.2) is 0 Å². The van der Waals surface area contributed by atoms with Gasteiger partial charge in [0, 0.05) is 12.8 Å². The minimum atomic E-state index is 0.436. The Bertz CT molecular complexity index is 379. The van der Waals surface area contributed by atoms with Crippen molar-refractivity contribution >= 4 is 5.78 Å². The van der Waals surface area contributed by atoms with E-state index in [2.05, 4.69) is 32.0 Å². The van der Waals surface area contributed by atoms with Gasteiger partial charge in [-0.05, 0) is 43.7 Å². The van der Waals surface area contributed by atoms with Crippen LogP contribution < -0.4 is 0 Å². The third-order valence-corrected chi connectivity index (χ3v) is 3.35. The molecule has 1 aliphatic rings. The number of carbonyl (C=O) groups is 1. The molecule has 17 heavy (non-hydrogen) atoms. The monoisotopic (exact) mass is 232 g/mol. The maximum Gasteiger partial charge on any atom is 0.133 e. The van der Waals surface area contributed by atoms with Gasteiger partial charge in [-0.3, -0.25) is 4.79 Å². The number of carbonyl (C=O) groups excluding carboxylic acids is 1. The Labute approximate surface area is 105 Å². The van der Waals surface area contributed by atoms with Crippen LogP contribution in [0.25, 0.3) is 0 Å². The fraction of sp³-hybridized carbons (Fsp3) is 0.562. The lowest BCUT2D eigenvalue weighted by atomic mass is 9.81. The molecule has 0 aromatic heterocycles. The van der Waals surface area contributed by atoms with Crippen molar-refractivity contribution in [1.82, 2.24) is 0 Å². The molecule has 0 heterocycles. The minimum absolute atomic E-state index is 0.436. The van der Waals surface area contributed by atoms with Crippen LogP contribution in [0.1, 0.15) is 62.1 Å². The van der Waals surface area contributed by atoms with Gasteiger partial charge in [-0.1, -0.05) is 37.6 Å². The molecule has 0 bridgehead atoms. The molecule has 1 aromatic carbocycles. The Balaban J connectivity index is 0.000000686. The summed E-state index contributed by atoms with van der Waals surface area (Å²) in [5.74, 6) is 0.915. The van der Waals surface area contributed by atoms with E-state index in [0.29, 0.717) is 11.7 Å². The largest absolute Gasteiger partial charge is 0.300 e. The normalized spacial score (nSPS) is 19.5. The maximum atomic E-state index is 11.4. The first kappa shape index (κ1) is 14.0. The van der Waals surface area contributed by atoms with Gasteiger partial charge in [-0.2, -0.15) is 0 Å². The van der Waals surface area contributed by atoms with Crippen LogP contribution in [-0.4, -0.2) is 5.78 Å². The molecule has 1 unspecified atom stereocenters. The molecule has 94 valence electrons. The Morgan fingerprint density at radius 2 is 1.88 bits per heavy atom. The Hall–Kier alpha value is -1.11. The molecule has 0 saturated heterocycles. The van der Waals surface area contributed by atoms with Crippen molar-refractivity contribution in [3.8, 4) is 0 Å². The predicted molar refractivity (Wildman–Crippen MR) is 73.5 cm³/mol. The average molecular weight is 232 g/mol.